The zero-order valence-electron chi connectivity index (χ0n) is 16.6. The second-order valence-electron chi connectivity index (χ2n) is 7.70. The predicted octanol–water partition coefficient (Wildman–Crippen LogP) is 2.68. The third-order valence-electron chi connectivity index (χ3n) is 5.49. The Labute approximate surface area is 158 Å². The minimum Gasteiger partial charge on any atom is -0.370 e. The van der Waals surface area contributed by atoms with Gasteiger partial charge in [0, 0.05) is 26.7 Å². The van der Waals surface area contributed by atoms with Crippen LogP contribution in [0.15, 0.2) is 29.3 Å². The fraction of sp³-hybridized carbons (Fsp3) is 0.667. The van der Waals surface area contributed by atoms with E-state index in [1.54, 1.807) is 0 Å². The van der Waals surface area contributed by atoms with E-state index in [9.17, 15) is 0 Å². The molecule has 144 valence electrons. The predicted molar refractivity (Wildman–Crippen MR) is 108 cm³/mol. The lowest BCUT2D eigenvalue weighted by Gasteiger charge is -2.36. The summed E-state index contributed by atoms with van der Waals surface area (Å²) in [4.78, 5) is 9.45. The first kappa shape index (κ1) is 19.2. The first-order chi connectivity index (χ1) is 12.7. The van der Waals surface area contributed by atoms with Crippen LogP contribution in [0.2, 0.25) is 0 Å². The molecule has 0 saturated carbocycles. The molecule has 0 aromatic heterocycles. The summed E-state index contributed by atoms with van der Waals surface area (Å²) in [5.74, 6) is 1.62. The first-order valence-corrected chi connectivity index (χ1v) is 10.0. The monoisotopic (exact) mass is 358 g/mol. The Morgan fingerprint density at radius 2 is 2.04 bits per heavy atom. The lowest BCUT2D eigenvalue weighted by atomic mass is 10.0. The zero-order valence-corrected chi connectivity index (χ0v) is 16.6. The number of hydrogen-bond donors (Lipinski definition) is 1. The van der Waals surface area contributed by atoms with Crippen molar-refractivity contribution in [3.05, 3.63) is 35.4 Å². The highest BCUT2D eigenvalue weighted by molar-refractivity contribution is 5.80. The molecule has 1 N–H and O–H groups in total. The molecule has 1 aromatic carbocycles. The lowest BCUT2D eigenvalue weighted by molar-refractivity contribution is -0.00837. The summed E-state index contributed by atoms with van der Waals surface area (Å²) in [6.45, 7) is 11.6. The van der Waals surface area contributed by atoms with Crippen LogP contribution in [0, 0.1) is 12.8 Å². The van der Waals surface area contributed by atoms with Gasteiger partial charge in [0.05, 0.1) is 13.2 Å². The van der Waals surface area contributed by atoms with Gasteiger partial charge in [-0.1, -0.05) is 31.2 Å². The van der Waals surface area contributed by atoms with Gasteiger partial charge in [0.2, 0.25) is 0 Å². The van der Waals surface area contributed by atoms with Gasteiger partial charge in [-0.15, -0.1) is 0 Å². The molecule has 0 bridgehead atoms. The second kappa shape index (κ2) is 9.38. The normalized spacial score (nSPS) is 23.3. The summed E-state index contributed by atoms with van der Waals surface area (Å²) in [5.41, 5.74) is 2.58. The van der Waals surface area contributed by atoms with Crippen molar-refractivity contribution >= 4 is 5.96 Å². The third-order valence-corrected chi connectivity index (χ3v) is 5.49. The van der Waals surface area contributed by atoms with E-state index in [1.165, 1.54) is 43.6 Å². The quantitative estimate of drug-likeness (QED) is 0.649. The fourth-order valence-corrected chi connectivity index (χ4v) is 4.05. The van der Waals surface area contributed by atoms with Gasteiger partial charge < -0.3 is 19.9 Å². The van der Waals surface area contributed by atoms with Crippen molar-refractivity contribution in [1.82, 2.24) is 15.1 Å². The summed E-state index contributed by atoms with van der Waals surface area (Å²) >= 11 is 0. The van der Waals surface area contributed by atoms with E-state index in [1.807, 2.05) is 7.05 Å². The number of nitrogens with zero attached hydrogens (tertiary/aromatic N) is 3. The average Bonchev–Trinajstić information content (AvgIpc) is 3.16. The van der Waals surface area contributed by atoms with Gasteiger partial charge in [-0.25, -0.2) is 0 Å². The van der Waals surface area contributed by atoms with Crippen LogP contribution in [0.1, 0.15) is 37.0 Å². The smallest absolute Gasteiger partial charge is 0.193 e. The van der Waals surface area contributed by atoms with Crippen LogP contribution < -0.4 is 5.32 Å². The molecule has 2 aliphatic rings. The molecular formula is C21H34N4O. The van der Waals surface area contributed by atoms with E-state index in [0.717, 1.165) is 32.2 Å². The van der Waals surface area contributed by atoms with E-state index < -0.39 is 0 Å². The molecular weight excluding hydrogens is 324 g/mol. The van der Waals surface area contributed by atoms with E-state index in [4.69, 9.17) is 4.74 Å². The maximum atomic E-state index is 6.05. The van der Waals surface area contributed by atoms with E-state index in [0.29, 0.717) is 5.92 Å². The number of likely N-dealkylation sites (tertiary alicyclic amines) is 1. The minimum absolute atomic E-state index is 0.116. The van der Waals surface area contributed by atoms with E-state index in [2.05, 4.69) is 58.2 Å². The molecule has 2 saturated heterocycles. The Morgan fingerprint density at radius 3 is 2.77 bits per heavy atom. The molecule has 2 unspecified atom stereocenters. The van der Waals surface area contributed by atoms with Gasteiger partial charge in [0.1, 0.15) is 6.10 Å². The van der Waals surface area contributed by atoms with Gasteiger partial charge in [0.15, 0.2) is 5.96 Å². The molecule has 0 amide bonds. The van der Waals surface area contributed by atoms with Crippen molar-refractivity contribution in [2.24, 2.45) is 10.9 Å². The number of guanidine groups is 1. The fourth-order valence-electron chi connectivity index (χ4n) is 4.05. The first-order valence-electron chi connectivity index (χ1n) is 10.0. The number of hydrogen-bond acceptors (Lipinski definition) is 3. The number of morpholine rings is 1. The van der Waals surface area contributed by atoms with Gasteiger partial charge in [-0.2, -0.15) is 0 Å². The Morgan fingerprint density at radius 1 is 1.27 bits per heavy atom. The van der Waals surface area contributed by atoms with Crippen molar-refractivity contribution in [2.75, 3.05) is 52.9 Å². The molecule has 5 nitrogen and oxygen atoms in total. The lowest BCUT2D eigenvalue weighted by Crippen LogP contribution is -2.49. The topological polar surface area (TPSA) is 40.1 Å². The van der Waals surface area contributed by atoms with Gasteiger partial charge >= 0.3 is 0 Å². The second-order valence-corrected chi connectivity index (χ2v) is 7.70. The van der Waals surface area contributed by atoms with Crippen LogP contribution in [0.3, 0.4) is 0 Å². The number of nitrogens with one attached hydrogen (secondary N) is 1. The standard InChI is InChI=1S/C21H34N4O/c1-17(15-24-10-6-7-11-24)14-23-21(22-3)25-12-13-26-20(16-25)19-9-5-4-8-18(19)2/h4-5,8-9,17,20H,6-7,10-16H2,1-3H3,(H,22,23). The largest absolute Gasteiger partial charge is 0.370 e. The van der Waals surface area contributed by atoms with Crippen LogP contribution >= 0.6 is 0 Å². The molecule has 2 atom stereocenters. The Kier molecular flexibility index (Phi) is 6.92. The van der Waals surface area contributed by atoms with Crippen LogP contribution in [-0.4, -0.2) is 68.7 Å². The van der Waals surface area contributed by atoms with Crippen LogP contribution in [0.25, 0.3) is 0 Å². The van der Waals surface area contributed by atoms with Gasteiger partial charge in [0.25, 0.3) is 0 Å². The summed E-state index contributed by atoms with van der Waals surface area (Å²) in [5, 5.41) is 3.59. The highest BCUT2D eigenvalue weighted by atomic mass is 16.5. The van der Waals surface area contributed by atoms with Crippen molar-refractivity contribution < 1.29 is 4.74 Å². The summed E-state index contributed by atoms with van der Waals surface area (Å²) < 4.78 is 6.05. The molecule has 2 fully saturated rings. The summed E-state index contributed by atoms with van der Waals surface area (Å²) in [6.07, 6.45) is 2.83. The van der Waals surface area contributed by atoms with E-state index >= 15 is 0 Å². The molecule has 2 heterocycles. The van der Waals surface area contributed by atoms with Crippen molar-refractivity contribution in [3.8, 4) is 0 Å². The highest BCUT2D eigenvalue weighted by Gasteiger charge is 2.25. The van der Waals surface area contributed by atoms with Crippen molar-refractivity contribution in [2.45, 2.75) is 32.8 Å². The summed E-state index contributed by atoms with van der Waals surface area (Å²) in [6, 6.07) is 8.52. The number of aryl methyl sites for hydroxylation is 1. The minimum atomic E-state index is 0.116. The Hall–Kier alpha value is -1.59. The highest BCUT2D eigenvalue weighted by Crippen LogP contribution is 2.25. The Bertz CT molecular complexity index is 597. The third kappa shape index (κ3) is 4.98. The molecule has 3 rings (SSSR count). The van der Waals surface area contributed by atoms with Gasteiger partial charge in [-0.3, -0.25) is 4.99 Å². The van der Waals surface area contributed by atoms with Crippen molar-refractivity contribution in [3.63, 3.8) is 0 Å². The SMILES string of the molecule is CN=C(NCC(C)CN1CCCC1)N1CCOC(c2ccccc2C)C1. The maximum absolute atomic E-state index is 6.05. The number of aliphatic imine (C=N–C) groups is 1. The van der Waals surface area contributed by atoms with Crippen LogP contribution in [-0.2, 0) is 4.74 Å². The number of ether oxygens (including phenoxy) is 1. The molecule has 26 heavy (non-hydrogen) atoms. The molecule has 5 heteroatoms. The molecule has 0 radical (unpaired) electrons. The van der Waals surface area contributed by atoms with Gasteiger partial charge in [-0.05, 0) is 49.9 Å². The maximum Gasteiger partial charge on any atom is 0.193 e. The zero-order chi connectivity index (χ0) is 18.4. The average molecular weight is 359 g/mol. The molecule has 1 aromatic rings. The number of benzene rings is 1. The summed E-state index contributed by atoms with van der Waals surface area (Å²) in [7, 11) is 1.88. The molecule has 0 aliphatic carbocycles. The molecule has 2 aliphatic heterocycles. The Balaban J connectivity index is 1.53. The molecule has 0 spiro atoms. The van der Waals surface area contributed by atoms with Crippen LogP contribution in [0.5, 0.6) is 0 Å². The van der Waals surface area contributed by atoms with Crippen LogP contribution in [0.4, 0.5) is 0 Å². The van der Waals surface area contributed by atoms with E-state index in [-0.39, 0.29) is 6.10 Å². The van der Waals surface area contributed by atoms with Crippen molar-refractivity contribution in [1.29, 1.82) is 0 Å². The number of rotatable bonds is 5.